The van der Waals surface area contributed by atoms with Gasteiger partial charge in [0.1, 0.15) is 0 Å². The Hall–Kier alpha value is -1.57. The summed E-state index contributed by atoms with van der Waals surface area (Å²) in [5.41, 5.74) is 0. The first-order valence-electron chi connectivity index (χ1n) is 5.85. The van der Waals surface area contributed by atoms with Crippen LogP contribution in [0.5, 0.6) is 0 Å². The van der Waals surface area contributed by atoms with Crippen molar-refractivity contribution in [1.82, 2.24) is 5.32 Å². The van der Waals surface area contributed by atoms with E-state index in [-0.39, 0.29) is 24.3 Å². The molecule has 0 aromatic rings. The van der Waals surface area contributed by atoms with E-state index >= 15 is 0 Å². The Balaban J connectivity index is 2.62. The van der Waals surface area contributed by atoms with E-state index in [0.717, 1.165) is 0 Å². The Morgan fingerprint density at radius 3 is 2.59 bits per heavy atom. The second kappa shape index (κ2) is 5.67. The molecule has 0 spiro atoms. The third-order valence-corrected chi connectivity index (χ3v) is 3.24. The minimum absolute atomic E-state index is 0.224. The summed E-state index contributed by atoms with van der Waals surface area (Å²) in [5, 5.41) is 20.3. The molecule has 0 bridgehead atoms. The summed E-state index contributed by atoms with van der Waals surface area (Å²) >= 11 is 0. The van der Waals surface area contributed by atoms with Gasteiger partial charge < -0.3 is 10.4 Å². The van der Waals surface area contributed by atoms with E-state index in [1.807, 2.05) is 13.0 Å². The molecule has 2 unspecified atom stereocenters. The number of aliphatic carboxylic acids is 1. The number of amides is 1. The maximum absolute atomic E-state index is 11.9. The molecule has 0 aliphatic heterocycles. The lowest BCUT2D eigenvalue weighted by Gasteiger charge is -2.18. The Kier molecular flexibility index (Phi) is 4.50. The van der Waals surface area contributed by atoms with E-state index in [2.05, 4.69) is 5.32 Å². The maximum Gasteiger partial charge on any atom is 0.307 e. The number of carbonyl (C=O) groups excluding carboxylic acids is 1. The highest BCUT2D eigenvalue weighted by atomic mass is 16.4. The van der Waals surface area contributed by atoms with Gasteiger partial charge in [-0.15, -0.1) is 0 Å². The molecule has 5 heteroatoms. The summed E-state index contributed by atoms with van der Waals surface area (Å²) in [6.45, 7) is 3.71. The average molecular weight is 238 g/mol. The summed E-state index contributed by atoms with van der Waals surface area (Å²) in [5.74, 6) is -1.91. The van der Waals surface area contributed by atoms with Gasteiger partial charge in [-0.3, -0.25) is 9.59 Å². The van der Waals surface area contributed by atoms with Crippen LogP contribution in [0.4, 0.5) is 0 Å². The molecule has 5 nitrogen and oxygen atoms in total. The highest BCUT2D eigenvalue weighted by Crippen LogP contribution is 2.36. The van der Waals surface area contributed by atoms with Crippen LogP contribution < -0.4 is 5.32 Å². The predicted molar refractivity (Wildman–Crippen MR) is 60.8 cm³/mol. The van der Waals surface area contributed by atoms with Crippen molar-refractivity contribution < 1.29 is 14.7 Å². The van der Waals surface area contributed by atoms with E-state index in [9.17, 15) is 9.59 Å². The number of hydrogen-bond acceptors (Lipinski definition) is 3. The Labute approximate surface area is 101 Å². The third kappa shape index (κ3) is 3.45. The standard InChI is InChI=1S/C12H18N2O3/c1-7-5-9(10(6-7)12(16)17)11(15)14-8(2)3-4-13/h7-10H,3,5-6H2,1-2H3,(H,14,15)(H,16,17)/t7?,8?,9-,10+/m0/s1. The maximum atomic E-state index is 11.9. The zero-order valence-electron chi connectivity index (χ0n) is 10.1. The highest BCUT2D eigenvalue weighted by Gasteiger charge is 2.41. The lowest BCUT2D eigenvalue weighted by Crippen LogP contribution is -2.39. The molecule has 0 radical (unpaired) electrons. The number of rotatable bonds is 4. The number of carbonyl (C=O) groups is 2. The predicted octanol–water partition coefficient (Wildman–Crippen LogP) is 1.15. The van der Waals surface area contributed by atoms with Gasteiger partial charge in [0.05, 0.1) is 24.3 Å². The van der Waals surface area contributed by atoms with Gasteiger partial charge in [-0.25, -0.2) is 0 Å². The molecule has 4 atom stereocenters. The van der Waals surface area contributed by atoms with Crippen LogP contribution in [0.15, 0.2) is 0 Å². The SMILES string of the molecule is CC1C[C@H](C(=O)NC(C)CC#N)[C@H](C(=O)O)C1. The number of nitriles is 1. The van der Waals surface area contributed by atoms with Crippen molar-refractivity contribution in [2.75, 3.05) is 0 Å². The van der Waals surface area contributed by atoms with E-state index in [1.54, 1.807) is 6.92 Å². The van der Waals surface area contributed by atoms with E-state index in [4.69, 9.17) is 10.4 Å². The Morgan fingerprint density at radius 2 is 2.06 bits per heavy atom. The van der Waals surface area contributed by atoms with Gasteiger partial charge in [0.2, 0.25) is 5.91 Å². The molecule has 1 saturated carbocycles. The van der Waals surface area contributed by atoms with Gasteiger partial charge >= 0.3 is 5.97 Å². The van der Waals surface area contributed by atoms with Crippen molar-refractivity contribution in [3.8, 4) is 6.07 Å². The van der Waals surface area contributed by atoms with Crippen molar-refractivity contribution in [2.45, 2.75) is 39.2 Å². The molecule has 0 saturated heterocycles. The zero-order valence-corrected chi connectivity index (χ0v) is 10.1. The van der Waals surface area contributed by atoms with E-state index < -0.39 is 17.8 Å². The van der Waals surface area contributed by atoms with Crippen LogP contribution in [0.1, 0.15) is 33.1 Å². The molecule has 17 heavy (non-hydrogen) atoms. The molecule has 0 aromatic heterocycles. The fourth-order valence-corrected chi connectivity index (χ4v) is 2.39. The van der Waals surface area contributed by atoms with Gasteiger partial charge in [-0.05, 0) is 25.7 Å². The summed E-state index contributed by atoms with van der Waals surface area (Å²) < 4.78 is 0. The largest absolute Gasteiger partial charge is 0.481 e. The molecule has 0 aromatic carbocycles. The van der Waals surface area contributed by atoms with E-state index in [1.165, 1.54) is 0 Å². The Bertz CT molecular complexity index is 348. The number of nitrogens with one attached hydrogen (secondary N) is 1. The topological polar surface area (TPSA) is 90.2 Å². The van der Waals surface area contributed by atoms with Crippen molar-refractivity contribution in [3.63, 3.8) is 0 Å². The van der Waals surface area contributed by atoms with Crippen LogP contribution >= 0.6 is 0 Å². The fourth-order valence-electron chi connectivity index (χ4n) is 2.39. The molecule has 1 aliphatic carbocycles. The van der Waals surface area contributed by atoms with Crippen LogP contribution in [-0.2, 0) is 9.59 Å². The molecule has 1 amide bonds. The number of carboxylic acids is 1. The molecular formula is C12H18N2O3. The molecular weight excluding hydrogens is 220 g/mol. The van der Waals surface area contributed by atoms with Crippen molar-refractivity contribution in [2.24, 2.45) is 17.8 Å². The van der Waals surface area contributed by atoms with Crippen LogP contribution in [0.3, 0.4) is 0 Å². The summed E-state index contributed by atoms with van der Waals surface area (Å²) in [7, 11) is 0. The van der Waals surface area contributed by atoms with Crippen molar-refractivity contribution >= 4 is 11.9 Å². The normalized spacial score (nSPS) is 29.4. The molecule has 94 valence electrons. The van der Waals surface area contributed by atoms with E-state index in [0.29, 0.717) is 12.8 Å². The number of hydrogen-bond donors (Lipinski definition) is 2. The molecule has 1 fully saturated rings. The lowest BCUT2D eigenvalue weighted by molar-refractivity contribution is -0.146. The third-order valence-electron chi connectivity index (χ3n) is 3.24. The minimum Gasteiger partial charge on any atom is -0.481 e. The average Bonchev–Trinajstić information content (AvgIpc) is 2.60. The fraction of sp³-hybridized carbons (Fsp3) is 0.750. The van der Waals surface area contributed by atoms with Gasteiger partial charge in [0.25, 0.3) is 0 Å². The first kappa shape index (κ1) is 13.5. The lowest BCUT2D eigenvalue weighted by atomic mass is 9.95. The molecule has 0 heterocycles. The summed E-state index contributed by atoms with van der Waals surface area (Å²) in [4.78, 5) is 22.9. The van der Waals surface area contributed by atoms with Gasteiger partial charge in [0, 0.05) is 6.04 Å². The van der Waals surface area contributed by atoms with Gasteiger partial charge in [-0.2, -0.15) is 5.26 Å². The van der Waals surface area contributed by atoms with Crippen molar-refractivity contribution in [3.05, 3.63) is 0 Å². The summed E-state index contributed by atoms with van der Waals surface area (Å²) in [6, 6.07) is 1.75. The van der Waals surface area contributed by atoms with Crippen LogP contribution in [0.25, 0.3) is 0 Å². The molecule has 1 aliphatic rings. The highest BCUT2D eigenvalue weighted by molar-refractivity contribution is 5.85. The monoisotopic (exact) mass is 238 g/mol. The van der Waals surface area contributed by atoms with Crippen LogP contribution in [0.2, 0.25) is 0 Å². The van der Waals surface area contributed by atoms with Crippen LogP contribution in [0, 0.1) is 29.1 Å². The van der Waals surface area contributed by atoms with Crippen molar-refractivity contribution in [1.29, 1.82) is 5.26 Å². The zero-order chi connectivity index (χ0) is 13.0. The number of carboxylic acid groups (broad SMARTS) is 1. The quantitative estimate of drug-likeness (QED) is 0.768. The summed E-state index contributed by atoms with van der Waals surface area (Å²) in [6.07, 6.45) is 1.41. The first-order chi connectivity index (χ1) is 7.95. The smallest absolute Gasteiger partial charge is 0.307 e. The minimum atomic E-state index is -0.901. The number of nitrogens with zero attached hydrogens (tertiary/aromatic N) is 1. The van der Waals surface area contributed by atoms with Gasteiger partial charge in [0.15, 0.2) is 0 Å². The van der Waals surface area contributed by atoms with Crippen LogP contribution in [-0.4, -0.2) is 23.0 Å². The first-order valence-corrected chi connectivity index (χ1v) is 5.85. The Morgan fingerprint density at radius 1 is 1.47 bits per heavy atom. The second-order valence-electron chi connectivity index (χ2n) is 4.90. The molecule has 2 N–H and O–H groups in total. The second-order valence-corrected chi connectivity index (χ2v) is 4.90. The van der Waals surface area contributed by atoms with Gasteiger partial charge in [-0.1, -0.05) is 6.92 Å². The molecule has 1 rings (SSSR count).